The Balaban J connectivity index is 1.24. The van der Waals surface area contributed by atoms with Gasteiger partial charge in [0.15, 0.2) is 9.84 Å². The number of aromatic nitrogens is 3. The van der Waals surface area contributed by atoms with Gasteiger partial charge < -0.3 is 10.3 Å². The van der Waals surface area contributed by atoms with Crippen molar-refractivity contribution in [2.24, 2.45) is 0 Å². The number of hydrogen-bond acceptors (Lipinski definition) is 6. The Morgan fingerprint density at radius 2 is 1.70 bits per heavy atom. The lowest BCUT2D eigenvalue weighted by atomic mass is 9.95. The van der Waals surface area contributed by atoms with Gasteiger partial charge in [0.05, 0.1) is 21.3 Å². The highest BCUT2D eigenvalue weighted by atomic mass is 32.2. The minimum absolute atomic E-state index is 0.0628. The van der Waals surface area contributed by atoms with Gasteiger partial charge in [0.2, 0.25) is 0 Å². The molecule has 1 fully saturated rings. The number of H-pyrrole nitrogens is 1. The van der Waals surface area contributed by atoms with E-state index in [1.54, 1.807) is 36.7 Å². The summed E-state index contributed by atoms with van der Waals surface area (Å²) in [6.07, 6.45) is 1.62. The van der Waals surface area contributed by atoms with Gasteiger partial charge in [-0.15, -0.1) is 0 Å². The van der Waals surface area contributed by atoms with Gasteiger partial charge in [-0.25, -0.2) is 18.4 Å². The standard InChI is InChI=1S/C26H22F3N5O2S/c27-26(28,29)19-3-10-24(31-15-19)34-20-4-8-22(9-5-20)37(35,36)21-6-1-16(2-7-21)17-11-23-18(12-30)14-33-25(23)32-13-17/h1-3,6-7,10-11,13-15,20,22H,4-5,8-9H2,(H,31,34)(H,32,33)/t20-,22-. The van der Waals surface area contributed by atoms with Gasteiger partial charge in [-0.2, -0.15) is 18.4 Å². The lowest BCUT2D eigenvalue weighted by Gasteiger charge is -2.29. The normalized spacial score (nSPS) is 18.4. The number of nitriles is 1. The number of sulfone groups is 1. The maximum absolute atomic E-state index is 13.3. The third-order valence-electron chi connectivity index (χ3n) is 6.72. The number of nitrogens with one attached hydrogen (secondary N) is 2. The van der Waals surface area contributed by atoms with Gasteiger partial charge in [-0.3, -0.25) is 0 Å². The van der Waals surface area contributed by atoms with Crippen molar-refractivity contribution in [3.05, 3.63) is 72.2 Å². The molecule has 11 heteroatoms. The van der Waals surface area contributed by atoms with Crippen LogP contribution < -0.4 is 5.32 Å². The van der Waals surface area contributed by atoms with E-state index in [2.05, 4.69) is 26.3 Å². The first-order valence-electron chi connectivity index (χ1n) is 11.7. The molecule has 1 aliphatic carbocycles. The highest BCUT2D eigenvalue weighted by Gasteiger charge is 2.33. The summed E-state index contributed by atoms with van der Waals surface area (Å²) in [5.74, 6) is 0.337. The zero-order chi connectivity index (χ0) is 26.2. The maximum Gasteiger partial charge on any atom is 0.417 e. The molecule has 0 radical (unpaired) electrons. The summed E-state index contributed by atoms with van der Waals surface area (Å²) in [6, 6.07) is 12.8. The van der Waals surface area contributed by atoms with Crippen molar-refractivity contribution in [1.29, 1.82) is 5.26 Å². The van der Waals surface area contributed by atoms with Crippen LogP contribution in [-0.4, -0.2) is 34.7 Å². The van der Waals surface area contributed by atoms with Crippen LogP contribution in [0.4, 0.5) is 19.0 Å². The molecule has 190 valence electrons. The van der Waals surface area contributed by atoms with Crippen molar-refractivity contribution in [2.75, 3.05) is 5.32 Å². The number of hydrogen-bond donors (Lipinski definition) is 2. The van der Waals surface area contributed by atoms with Crippen LogP contribution in [0.3, 0.4) is 0 Å². The molecule has 1 aliphatic rings. The molecule has 3 aromatic heterocycles. The summed E-state index contributed by atoms with van der Waals surface area (Å²) in [4.78, 5) is 11.4. The predicted octanol–water partition coefficient (Wildman–Crippen LogP) is 5.71. The lowest BCUT2D eigenvalue weighted by Crippen LogP contribution is -2.33. The van der Waals surface area contributed by atoms with Gasteiger partial charge >= 0.3 is 6.18 Å². The number of nitrogens with zero attached hydrogens (tertiary/aromatic N) is 3. The minimum Gasteiger partial charge on any atom is -0.367 e. The van der Waals surface area contributed by atoms with Crippen molar-refractivity contribution >= 4 is 26.7 Å². The van der Waals surface area contributed by atoms with Crippen LogP contribution in [0.15, 0.2) is 66.0 Å². The second-order valence-corrected chi connectivity index (χ2v) is 11.3. The Labute approximate surface area is 211 Å². The van der Waals surface area contributed by atoms with Gasteiger partial charge in [0.25, 0.3) is 0 Å². The smallest absolute Gasteiger partial charge is 0.367 e. The van der Waals surface area contributed by atoms with E-state index in [1.807, 2.05) is 6.07 Å². The SMILES string of the molecule is N#Cc1c[nH]c2ncc(-c3ccc(S(=O)(=O)[C@H]4CC[C@H](Nc5ccc(C(F)(F)F)cn5)CC4)cc3)cc12. The lowest BCUT2D eigenvalue weighted by molar-refractivity contribution is -0.137. The zero-order valence-corrected chi connectivity index (χ0v) is 20.3. The average molecular weight is 526 g/mol. The van der Waals surface area contributed by atoms with Crippen LogP contribution in [0, 0.1) is 11.3 Å². The fraction of sp³-hybridized carbons (Fsp3) is 0.269. The van der Waals surface area contributed by atoms with E-state index in [1.165, 1.54) is 6.07 Å². The van der Waals surface area contributed by atoms with E-state index in [0.29, 0.717) is 48.1 Å². The first kappa shape index (κ1) is 24.8. The predicted molar refractivity (Wildman–Crippen MR) is 132 cm³/mol. The minimum atomic E-state index is -4.44. The molecule has 4 aromatic rings. The molecule has 0 atom stereocenters. The molecular formula is C26H22F3N5O2S. The summed E-state index contributed by atoms with van der Waals surface area (Å²) in [5.41, 5.74) is 1.85. The third kappa shape index (κ3) is 5.02. The number of benzene rings is 1. The number of anilines is 1. The van der Waals surface area contributed by atoms with Crippen LogP contribution in [0.5, 0.6) is 0 Å². The van der Waals surface area contributed by atoms with E-state index in [9.17, 15) is 26.9 Å². The Morgan fingerprint density at radius 3 is 2.32 bits per heavy atom. The molecular weight excluding hydrogens is 503 g/mol. The number of fused-ring (bicyclic) bond motifs is 1. The summed E-state index contributed by atoms with van der Waals surface area (Å²) >= 11 is 0. The van der Waals surface area contributed by atoms with Crippen LogP contribution in [-0.2, 0) is 16.0 Å². The van der Waals surface area contributed by atoms with Crippen molar-refractivity contribution in [1.82, 2.24) is 15.0 Å². The molecule has 1 saturated carbocycles. The van der Waals surface area contributed by atoms with E-state index >= 15 is 0 Å². The Kier molecular flexibility index (Phi) is 6.37. The highest BCUT2D eigenvalue weighted by Crippen LogP contribution is 2.33. The summed E-state index contributed by atoms with van der Waals surface area (Å²) in [6.45, 7) is 0. The van der Waals surface area contributed by atoms with Crippen molar-refractivity contribution in [3.63, 3.8) is 0 Å². The van der Waals surface area contributed by atoms with Crippen molar-refractivity contribution in [3.8, 4) is 17.2 Å². The molecule has 0 spiro atoms. The van der Waals surface area contributed by atoms with E-state index in [-0.39, 0.29) is 10.9 Å². The van der Waals surface area contributed by atoms with Crippen molar-refractivity contribution in [2.45, 2.75) is 48.0 Å². The largest absolute Gasteiger partial charge is 0.417 e. The second-order valence-electron chi connectivity index (χ2n) is 9.05. The third-order valence-corrected chi connectivity index (χ3v) is 9.00. The maximum atomic E-state index is 13.3. The first-order valence-corrected chi connectivity index (χ1v) is 13.2. The molecule has 5 rings (SSSR count). The summed E-state index contributed by atoms with van der Waals surface area (Å²) in [5, 5.41) is 12.5. The van der Waals surface area contributed by atoms with Crippen LogP contribution in [0.25, 0.3) is 22.2 Å². The fourth-order valence-corrected chi connectivity index (χ4v) is 6.45. The number of pyridine rings is 2. The van der Waals surface area contributed by atoms with Gasteiger partial charge in [-0.1, -0.05) is 12.1 Å². The van der Waals surface area contributed by atoms with Gasteiger partial charge in [0, 0.05) is 35.6 Å². The number of aromatic amines is 1. The first-order chi connectivity index (χ1) is 17.6. The van der Waals surface area contributed by atoms with Gasteiger partial charge in [0.1, 0.15) is 17.5 Å². The summed E-state index contributed by atoms with van der Waals surface area (Å²) in [7, 11) is -3.55. The van der Waals surface area contributed by atoms with Crippen LogP contribution in [0.2, 0.25) is 0 Å². The molecule has 37 heavy (non-hydrogen) atoms. The van der Waals surface area contributed by atoms with E-state index in [4.69, 9.17) is 0 Å². The molecule has 0 aliphatic heterocycles. The molecule has 7 nitrogen and oxygen atoms in total. The number of halogens is 3. The summed E-state index contributed by atoms with van der Waals surface area (Å²) < 4.78 is 64.7. The quantitative estimate of drug-likeness (QED) is 0.345. The molecule has 0 bridgehead atoms. The molecule has 1 aromatic carbocycles. The number of rotatable bonds is 5. The highest BCUT2D eigenvalue weighted by molar-refractivity contribution is 7.92. The topological polar surface area (TPSA) is 112 Å². The average Bonchev–Trinajstić information content (AvgIpc) is 3.31. The Bertz CT molecular complexity index is 1570. The molecule has 0 saturated heterocycles. The molecule has 0 amide bonds. The van der Waals surface area contributed by atoms with E-state index < -0.39 is 26.8 Å². The fourth-order valence-electron chi connectivity index (χ4n) is 4.66. The molecule has 3 heterocycles. The number of alkyl halides is 3. The zero-order valence-electron chi connectivity index (χ0n) is 19.5. The van der Waals surface area contributed by atoms with Gasteiger partial charge in [-0.05, 0) is 61.6 Å². The Hall–Kier alpha value is -3.91. The second kappa shape index (κ2) is 9.52. The monoisotopic (exact) mass is 525 g/mol. The van der Waals surface area contributed by atoms with E-state index in [0.717, 1.165) is 23.4 Å². The molecule has 2 N–H and O–H groups in total. The van der Waals surface area contributed by atoms with Crippen molar-refractivity contribution < 1.29 is 21.6 Å². The van der Waals surface area contributed by atoms with Crippen LogP contribution >= 0.6 is 0 Å². The molecule has 0 unspecified atom stereocenters. The van der Waals surface area contributed by atoms with Crippen LogP contribution in [0.1, 0.15) is 36.8 Å². The Morgan fingerprint density at radius 1 is 0.973 bits per heavy atom.